The maximum absolute atomic E-state index is 9.51. The summed E-state index contributed by atoms with van der Waals surface area (Å²) < 4.78 is 0. The molecule has 0 saturated carbocycles. The quantitative estimate of drug-likeness (QED) is 0.429. The Bertz CT molecular complexity index is 267. The lowest BCUT2D eigenvalue weighted by atomic mass is 10.2. The Labute approximate surface area is 88.9 Å². The summed E-state index contributed by atoms with van der Waals surface area (Å²) in [4.78, 5) is 0. The number of hydrogen-bond donors (Lipinski definition) is 1. The number of hydrogen-bond acceptors (Lipinski definition) is 1. The topological polar surface area (TPSA) is 20.2 Å². The molecule has 1 atom stereocenters. The molecule has 0 radical (unpaired) electrons. The highest BCUT2D eigenvalue weighted by molar-refractivity contribution is 6.83. The van der Waals surface area contributed by atoms with Crippen molar-refractivity contribution in [3.63, 3.8) is 0 Å². The fourth-order valence-corrected chi connectivity index (χ4v) is 1.48. The first-order chi connectivity index (χ1) is 6.45. The number of unbranched alkanes of at least 4 members (excludes halogenated alkanes) is 1. The van der Waals surface area contributed by atoms with E-state index in [2.05, 4.69) is 42.9 Å². The zero-order valence-corrected chi connectivity index (χ0v) is 10.6. The highest BCUT2D eigenvalue weighted by Gasteiger charge is 2.08. The lowest BCUT2D eigenvalue weighted by Gasteiger charge is -2.05. The zero-order valence-electron chi connectivity index (χ0n) is 9.65. The molecule has 0 aromatic rings. The van der Waals surface area contributed by atoms with Gasteiger partial charge in [-0.15, -0.1) is 17.4 Å². The Hall–Kier alpha value is -0.703. The van der Waals surface area contributed by atoms with Crippen molar-refractivity contribution in [3.05, 3.63) is 0 Å². The Morgan fingerprint density at radius 2 is 1.93 bits per heavy atom. The molecule has 1 nitrogen and oxygen atoms in total. The summed E-state index contributed by atoms with van der Waals surface area (Å²) >= 11 is 0. The smallest absolute Gasteiger partial charge is 0.129 e. The van der Waals surface area contributed by atoms with Gasteiger partial charge in [0.1, 0.15) is 14.2 Å². The van der Waals surface area contributed by atoms with Crippen molar-refractivity contribution < 1.29 is 5.11 Å². The van der Waals surface area contributed by atoms with Crippen molar-refractivity contribution >= 4 is 8.07 Å². The van der Waals surface area contributed by atoms with Crippen LogP contribution in [0, 0.1) is 23.3 Å². The number of aliphatic hydroxyl groups excluding tert-OH is 1. The second-order valence-corrected chi connectivity index (χ2v) is 9.10. The van der Waals surface area contributed by atoms with Crippen molar-refractivity contribution in [1.82, 2.24) is 0 Å². The van der Waals surface area contributed by atoms with Gasteiger partial charge in [0.15, 0.2) is 0 Å². The van der Waals surface area contributed by atoms with Crippen LogP contribution in [-0.2, 0) is 0 Å². The summed E-state index contributed by atoms with van der Waals surface area (Å²) in [6, 6.07) is 0. The van der Waals surface area contributed by atoms with E-state index in [0.29, 0.717) is 0 Å². The maximum atomic E-state index is 9.51. The van der Waals surface area contributed by atoms with Crippen molar-refractivity contribution in [2.24, 2.45) is 0 Å². The lowest BCUT2D eigenvalue weighted by molar-refractivity contribution is 0.219. The predicted octanol–water partition coefficient (Wildman–Crippen LogP) is 2.42. The first-order valence-corrected chi connectivity index (χ1v) is 8.56. The average molecular weight is 208 g/mol. The molecule has 2 heteroatoms. The minimum atomic E-state index is -1.32. The molecule has 0 amide bonds. The molecule has 1 unspecified atom stereocenters. The highest BCUT2D eigenvalue weighted by atomic mass is 28.3. The van der Waals surface area contributed by atoms with Crippen LogP contribution < -0.4 is 0 Å². The third-order valence-corrected chi connectivity index (χ3v) is 2.46. The summed E-state index contributed by atoms with van der Waals surface area (Å²) in [5, 5.41) is 9.51. The Balaban J connectivity index is 3.77. The van der Waals surface area contributed by atoms with Gasteiger partial charge in [-0.3, -0.25) is 0 Å². The highest BCUT2D eigenvalue weighted by Crippen LogP contribution is 2.01. The molecule has 0 aliphatic heterocycles. The lowest BCUT2D eigenvalue weighted by Crippen LogP contribution is -2.17. The third kappa shape index (κ3) is 9.39. The standard InChI is InChI=1S/C12H20OSi/c1-5-6-7-8-9-12(13)10-11-14(2,3)4/h12-13H,7-9H2,1-4H3. The summed E-state index contributed by atoms with van der Waals surface area (Å²) in [5.41, 5.74) is 3.17. The van der Waals surface area contributed by atoms with E-state index in [4.69, 9.17) is 0 Å². The molecule has 0 aromatic heterocycles. The Kier molecular flexibility index (Phi) is 6.37. The molecule has 0 bridgehead atoms. The van der Waals surface area contributed by atoms with E-state index in [1.54, 1.807) is 0 Å². The van der Waals surface area contributed by atoms with Crippen LogP contribution in [0.2, 0.25) is 19.6 Å². The van der Waals surface area contributed by atoms with Gasteiger partial charge in [-0.2, -0.15) is 0 Å². The Morgan fingerprint density at radius 1 is 1.29 bits per heavy atom. The molecule has 0 spiro atoms. The fourth-order valence-electron chi connectivity index (χ4n) is 0.881. The summed E-state index contributed by atoms with van der Waals surface area (Å²) in [6.45, 7) is 8.36. The van der Waals surface area contributed by atoms with Crippen molar-refractivity contribution in [3.8, 4) is 23.3 Å². The molecule has 0 aliphatic carbocycles. The van der Waals surface area contributed by atoms with E-state index in [1.165, 1.54) is 0 Å². The number of rotatable bonds is 3. The van der Waals surface area contributed by atoms with Gasteiger partial charge < -0.3 is 5.11 Å². The van der Waals surface area contributed by atoms with Crippen LogP contribution in [0.1, 0.15) is 26.2 Å². The van der Waals surface area contributed by atoms with Gasteiger partial charge >= 0.3 is 0 Å². The summed E-state index contributed by atoms with van der Waals surface area (Å²) in [5.74, 6) is 8.73. The van der Waals surface area contributed by atoms with Crippen molar-refractivity contribution in [2.45, 2.75) is 51.9 Å². The van der Waals surface area contributed by atoms with Gasteiger partial charge in [-0.25, -0.2) is 0 Å². The second-order valence-electron chi connectivity index (χ2n) is 4.35. The van der Waals surface area contributed by atoms with Crippen molar-refractivity contribution in [2.75, 3.05) is 0 Å². The molecular weight excluding hydrogens is 188 g/mol. The monoisotopic (exact) mass is 208 g/mol. The van der Waals surface area contributed by atoms with Crippen LogP contribution in [0.3, 0.4) is 0 Å². The minimum absolute atomic E-state index is 0.458. The van der Waals surface area contributed by atoms with E-state index in [9.17, 15) is 5.11 Å². The third-order valence-electron chi connectivity index (χ3n) is 1.57. The van der Waals surface area contributed by atoms with Crippen LogP contribution in [-0.4, -0.2) is 19.3 Å². The van der Waals surface area contributed by atoms with E-state index in [-0.39, 0.29) is 0 Å². The molecule has 0 aromatic carbocycles. The Morgan fingerprint density at radius 3 is 2.43 bits per heavy atom. The molecule has 1 N–H and O–H groups in total. The van der Waals surface area contributed by atoms with Gasteiger partial charge in [0.2, 0.25) is 0 Å². The molecule has 0 aliphatic rings. The molecule has 0 heterocycles. The largest absolute Gasteiger partial charge is 0.380 e. The van der Waals surface area contributed by atoms with Crippen LogP contribution in [0.4, 0.5) is 0 Å². The van der Waals surface area contributed by atoms with Crippen LogP contribution in [0.5, 0.6) is 0 Å². The zero-order chi connectivity index (χ0) is 11.0. The molecular formula is C12H20OSi. The van der Waals surface area contributed by atoms with Crippen LogP contribution in [0.15, 0.2) is 0 Å². The van der Waals surface area contributed by atoms with Crippen LogP contribution in [0.25, 0.3) is 0 Å². The van der Waals surface area contributed by atoms with E-state index >= 15 is 0 Å². The van der Waals surface area contributed by atoms with E-state index in [0.717, 1.165) is 19.3 Å². The normalized spacial score (nSPS) is 12.1. The fraction of sp³-hybridized carbons (Fsp3) is 0.667. The molecule has 0 saturated heterocycles. The second kappa shape index (κ2) is 6.71. The molecule has 0 fully saturated rings. The van der Waals surface area contributed by atoms with Gasteiger partial charge in [0, 0.05) is 6.42 Å². The van der Waals surface area contributed by atoms with Gasteiger partial charge in [0.25, 0.3) is 0 Å². The number of aliphatic hydroxyl groups is 1. The van der Waals surface area contributed by atoms with Crippen LogP contribution >= 0.6 is 0 Å². The first kappa shape index (κ1) is 13.3. The van der Waals surface area contributed by atoms with Gasteiger partial charge in [-0.05, 0) is 19.8 Å². The average Bonchev–Trinajstić information content (AvgIpc) is 2.08. The summed E-state index contributed by atoms with van der Waals surface area (Å²) in [7, 11) is -1.32. The van der Waals surface area contributed by atoms with Gasteiger partial charge in [-0.1, -0.05) is 25.6 Å². The minimum Gasteiger partial charge on any atom is -0.380 e. The summed E-state index contributed by atoms with van der Waals surface area (Å²) in [6.07, 6.45) is 2.08. The SMILES string of the molecule is CC#CCCCC(O)C#C[Si](C)(C)C. The van der Waals surface area contributed by atoms with Crippen molar-refractivity contribution in [1.29, 1.82) is 0 Å². The van der Waals surface area contributed by atoms with E-state index < -0.39 is 14.2 Å². The molecule has 0 rings (SSSR count). The van der Waals surface area contributed by atoms with E-state index in [1.807, 2.05) is 6.92 Å². The van der Waals surface area contributed by atoms with Gasteiger partial charge in [0.05, 0.1) is 0 Å². The predicted molar refractivity (Wildman–Crippen MR) is 64.4 cm³/mol. The first-order valence-electron chi connectivity index (χ1n) is 5.06. The maximum Gasteiger partial charge on any atom is 0.129 e. The molecule has 14 heavy (non-hydrogen) atoms. The molecule has 78 valence electrons.